The molecule has 0 bridgehead atoms. The molecule has 66 valence electrons. The van der Waals surface area contributed by atoms with Crippen LogP contribution in [0.25, 0.3) is 0 Å². The van der Waals surface area contributed by atoms with Crippen LogP contribution in [0.4, 0.5) is 0 Å². The summed E-state index contributed by atoms with van der Waals surface area (Å²) in [5.74, 6) is 0. The van der Waals surface area contributed by atoms with Crippen LogP contribution in [0.5, 0.6) is 0 Å². The van der Waals surface area contributed by atoms with E-state index >= 15 is 0 Å². The second-order valence-electron chi connectivity index (χ2n) is 2.73. The summed E-state index contributed by atoms with van der Waals surface area (Å²) in [5, 5.41) is 2.77. The molecule has 1 atom stereocenters. The molecule has 0 aromatic carbocycles. The van der Waals surface area contributed by atoms with Gasteiger partial charge in [-0.2, -0.15) is 0 Å². The number of hydrogen-bond acceptors (Lipinski definition) is 2. The van der Waals surface area contributed by atoms with Crippen LogP contribution in [0.1, 0.15) is 6.42 Å². The molecule has 0 saturated carbocycles. The van der Waals surface area contributed by atoms with Crippen molar-refractivity contribution in [3.8, 4) is 0 Å². The SMILES string of the molecule is C=CCN(CC=C)C1CC=CS1. The normalized spacial score (nSPS) is 21.6. The molecule has 0 amide bonds. The van der Waals surface area contributed by atoms with Crippen molar-refractivity contribution in [2.24, 2.45) is 0 Å². The zero-order valence-electron chi connectivity index (χ0n) is 7.28. The molecular formula is C10H15NS. The Morgan fingerprint density at radius 3 is 2.50 bits per heavy atom. The lowest BCUT2D eigenvalue weighted by Gasteiger charge is -2.25. The molecule has 0 saturated heterocycles. The van der Waals surface area contributed by atoms with Crippen LogP contribution < -0.4 is 0 Å². The molecule has 0 N–H and O–H groups in total. The first kappa shape index (κ1) is 9.62. The van der Waals surface area contributed by atoms with Gasteiger partial charge in [-0.25, -0.2) is 0 Å². The van der Waals surface area contributed by atoms with Crippen LogP contribution in [0.2, 0.25) is 0 Å². The van der Waals surface area contributed by atoms with Gasteiger partial charge in [0.05, 0.1) is 5.37 Å². The van der Waals surface area contributed by atoms with Gasteiger partial charge in [0.1, 0.15) is 0 Å². The quantitative estimate of drug-likeness (QED) is 0.600. The maximum atomic E-state index is 3.75. The molecule has 1 rings (SSSR count). The van der Waals surface area contributed by atoms with Crippen molar-refractivity contribution in [1.82, 2.24) is 4.90 Å². The van der Waals surface area contributed by atoms with E-state index in [9.17, 15) is 0 Å². The predicted octanol–water partition coefficient (Wildman–Crippen LogP) is 2.64. The predicted molar refractivity (Wildman–Crippen MR) is 57.1 cm³/mol. The van der Waals surface area contributed by atoms with Crippen LogP contribution in [0, 0.1) is 0 Å². The van der Waals surface area contributed by atoms with E-state index in [1.807, 2.05) is 23.9 Å². The van der Waals surface area contributed by atoms with Crippen LogP contribution in [-0.2, 0) is 0 Å². The van der Waals surface area contributed by atoms with Gasteiger partial charge in [0.2, 0.25) is 0 Å². The lowest BCUT2D eigenvalue weighted by Crippen LogP contribution is -2.31. The second-order valence-corrected chi connectivity index (χ2v) is 3.82. The van der Waals surface area contributed by atoms with E-state index in [2.05, 4.69) is 29.5 Å². The monoisotopic (exact) mass is 181 g/mol. The molecule has 1 aliphatic heterocycles. The molecule has 2 heteroatoms. The highest BCUT2D eigenvalue weighted by atomic mass is 32.2. The topological polar surface area (TPSA) is 3.24 Å². The van der Waals surface area contributed by atoms with E-state index in [0.717, 1.165) is 19.5 Å². The van der Waals surface area contributed by atoms with Gasteiger partial charge < -0.3 is 0 Å². The number of nitrogens with zero attached hydrogens (tertiary/aromatic N) is 1. The van der Waals surface area contributed by atoms with Gasteiger partial charge in [-0.1, -0.05) is 18.2 Å². The zero-order valence-corrected chi connectivity index (χ0v) is 8.09. The number of thioether (sulfide) groups is 1. The molecule has 0 aromatic rings. The molecule has 0 aliphatic carbocycles. The van der Waals surface area contributed by atoms with E-state index in [0.29, 0.717) is 5.37 Å². The van der Waals surface area contributed by atoms with Crippen LogP contribution >= 0.6 is 11.8 Å². The Morgan fingerprint density at radius 1 is 1.42 bits per heavy atom. The number of hydrogen-bond donors (Lipinski definition) is 0. The van der Waals surface area contributed by atoms with E-state index in [1.54, 1.807) is 0 Å². The third-order valence-corrected chi connectivity index (χ3v) is 2.96. The maximum Gasteiger partial charge on any atom is 0.0638 e. The summed E-state index contributed by atoms with van der Waals surface area (Å²) in [5.41, 5.74) is 0. The Balaban J connectivity index is 2.40. The Bertz CT molecular complexity index is 168. The summed E-state index contributed by atoms with van der Waals surface area (Å²) in [7, 11) is 0. The van der Waals surface area contributed by atoms with Crippen molar-refractivity contribution in [3.63, 3.8) is 0 Å². The van der Waals surface area contributed by atoms with Crippen LogP contribution in [-0.4, -0.2) is 23.4 Å². The van der Waals surface area contributed by atoms with Crippen LogP contribution in [0.15, 0.2) is 36.8 Å². The largest absolute Gasteiger partial charge is 0.284 e. The van der Waals surface area contributed by atoms with Gasteiger partial charge >= 0.3 is 0 Å². The minimum Gasteiger partial charge on any atom is -0.284 e. The van der Waals surface area contributed by atoms with Crippen molar-refractivity contribution < 1.29 is 0 Å². The minimum absolute atomic E-state index is 0.598. The van der Waals surface area contributed by atoms with E-state index in [4.69, 9.17) is 0 Å². The van der Waals surface area contributed by atoms with Gasteiger partial charge in [0, 0.05) is 13.1 Å². The molecule has 12 heavy (non-hydrogen) atoms. The molecule has 1 heterocycles. The van der Waals surface area contributed by atoms with Crippen molar-refractivity contribution in [2.45, 2.75) is 11.8 Å². The van der Waals surface area contributed by atoms with Crippen molar-refractivity contribution in [1.29, 1.82) is 0 Å². The van der Waals surface area contributed by atoms with Crippen molar-refractivity contribution in [2.75, 3.05) is 13.1 Å². The molecule has 0 radical (unpaired) electrons. The fourth-order valence-electron chi connectivity index (χ4n) is 1.25. The lowest BCUT2D eigenvalue weighted by atomic mass is 10.3. The average Bonchev–Trinajstić information content (AvgIpc) is 2.56. The molecule has 1 aliphatic rings. The van der Waals surface area contributed by atoms with E-state index in [-0.39, 0.29) is 0 Å². The summed E-state index contributed by atoms with van der Waals surface area (Å²) in [6, 6.07) is 0. The summed E-state index contributed by atoms with van der Waals surface area (Å²) in [6.45, 7) is 9.40. The first-order valence-corrected chi connectivity index (χ1v) is 5.09. The highest BCUT2D eigenvalue weighted by Crippen LogP contribution is 2.26. The van der Waals surface area contributed by atoms with Crippen LogP contribution in [0.3, 0.4) is 0 Å². The molecule has 1 unspecified atom stereocenters. The Morgan fingerprint density at radius 2 is 2.08 bits per heavy atom. The number of rotatable bonds is 5. The molecule has 0 fully saturated rings. The van der Waals surface area contributed by atoms with Gasteiger partial charge in [-0.15, -0.1) is 24.9 Å². The Labute approximate surface area is 78.8 Å². The highest BCUT2D eigenvalue weighted by Gasteiger charge is 2.17. The Kier molecular flexibility index (Phi) is 4.19. The van der Waals surface area contributed by atoms with Gasteiger partial charge in [0.25, 0.3) is 0 Å². The fourth-order valence-corrected chi connectivity index (χ4v) is 2.22. The summed E-state index contributed by atoms with van der Waals surface area (Å²) in [6.07, 6.45) is 7.26. The van der Waals surface area contributed by atoms with Crippen molar-refractivity contribution in [3.05, 3.63) is 36.8 Å². The smallest absolute Gasteiger partial charge is 0.0638 e. The van der Waals surface area contributed by atoms with Crippen molar-refractivity contribution >= 4 is 11.8 Å². The van der Waals surface area contributed by atoms with Gasteiger partial charge in [-0.3, -0.25) is 4.90 Å². The third kappa shape index (κ3) is 2.54. The first-order chi connectivity index (χ1) is 5.88. The minimum atomic E-state index is 0.598. The average molecular weight is 181 g/mol. The summed E-state index contributed by atoms with van der Waals surface area (Å²) >= 11 is 1.88. The first-order valence-electron chi connectivity index (χ1n) is 4.14. The zero-order chi connectivity index (χ0) is 8.81. The molecule has 1 nitrogen and oxygen atoms in total. The lowest BCUT2D eigenvalue weighted by molar-refractivity contribution is 0.317. The maximum absolute atomic E-state index is 3.75. The van der Waals surface area contributed by atoms with E-state index < -0.39 is 0 Å². The fraction of sp³-hybridized carbons (Fsp3) is 0.400. The molecular weight excluding hydrogens is 166 g/mol. The van der Waals surface area contributed by atoms with E-state index in [1.165, 1.54) is 0 Å². The second kappa shape index (κ2) is 5.22. The molecule has 0 aromatic heterocycles. The van der Waals surface area contributed by atoms with Gasteiger partial charge in [-0.05, 0) is 11.8 Å². The highest BCUT2D eigenvalue weighted by molar-refractivity contribution is 8.02. The van der Waals surface area contributed by atoms with Gasteiger partial charge in [0.15, 0.2) is 0 Å². The molecule has 0 spiro atoms. The Hall–Kier alpha value is -0.470. The summed E-state index contributed by atoms with van der Waals surface area (Å²) < 4.78 is 0. The third-order valence-electron chi connectivity index (χ3n) is 1.80. The standard InChI is InChI=1S/C10H15NS/c1-3-7-11(8-4-2)10-6-5-9-12-10/h3-5,9-10H,1-2,6-8H2. The summed E-state index contributed by atoms with van der Waals surface area (Å²) in [4.78, 5) is 2.37.